The number of halogens is 2. The number of aromatic carboxylic acids is 1. The minimum absolute atomic E-state index is 0.209. The standard InChI is InChI=1S/C25H30F2O2/c1-2-3-4-15-5-6-17-12-18(8-7-16(17)11-15)20-13-19-9-10-21(25(28)29)24(27)23(19)22(26)14-20/h9-10,13-18H,2-8,11-12H2,1H3,(H,28,29). The van der Waals surface area contributed by atoms with Gasteiger partial charge in [0.25, 0.3) is 0 Å². The first kappa shape index (κ1) is 20.3. The van der Waals surface area contributed by atoms with Crippen molar-refractivity contribution in [2.75, 3.05) is 0 Å². The SMILES string of the molecule is CCCCC1CCC2CC(c3cc(F)c4c(F)c(C(=O)O)ccc4c3)CCC2C1. The molecule has 2 aromatic carbocycles. The second-order valence-electron chi connectivity index (χ2n) is 9.18. The van der Waals surface area contributed by atoms with Gasteiger partial charge in [-0.1, -0.05) is 44.7 Å². The lowest BCUT2D eigenvalue weighted by Crippen LogP contribution is -2.30. The van der Waals surface area contributed by atoms with Gasteiger partial charge in [0.15, 0.2) is 0 Å². The third-order valence-electron chi connectivity index (χ3n) is 7.42. The van der Waals surface area contributed by atoms with Crippen molar-refractivity contribution < 1.29 is 18.7 Å². The maximum absolute atomic E-state index is 14.8. The predicted molar refractivity (Wildman–Crippen MR) is 111 cm³/mol. The van der Waals surface area contributed by atoms with Crippen LogP contribution in [0.1, 0.15) is 86.6 Å². The fourth-order valence-electron chi connectivity index (χ4n) is 5.84. The largest absolute Gasteiger partial charge is 0.478 e. The van der Waals surface area contributed by atoms with Crippen LogP contribution >= 0.6 is 0 Å². The van der Waals surface area contributed by atoms with Crippen molar-refractivity contribution in [1.82, 2.24) is 0 Å². The number of unbranched alkanes of at least 4 members (excludes halogenated alkanes) is 1. The Morgan fingerprint density at radius 1 is 1.07 bits per heavy atom. The molecule has 0 heterocycles. The van der Waals surface area contributed by atoms with Crippen molar-refractivity contribution in [2.45, 2.75) is 70.6 Å². The summed E-state index contributed by atoms with van der Waals surface area (Å²) >= 11 is 0. The van der Waals surface area contributed by atoms with Gasteiger partial charge in [-0.15, -0.1) is 0 Å². The van der Waals surface area contributed by atoms with Crippen molar-refractivity contribution in [2.24, 2.45) is 17.8 Å². The first-order valence-corrected chi connectivity index (χ1v) is 11.1. The maximum Gasteiger partial charge on any atom is 0.338 e. The van der Waals surface area contributed by atoms with Crippen LogP contribution in [0, 0.1) is 29.4 Å². The van der Waals surface area contributed by atoms with E-state index in [1.165, 1.54) is 63.1 Å². The van der Waals surface area contributed by atoms with E-state index in [1.54, 1.807) is 0 Å². The Labute approximate surface area is 171 Å². The molecule has 0 amide bonds. The van der Waals surface area contributed by atoms with Crippen molar-refractivity contribution in [3.63, 3.8) is 0 Å². The summed E-state index contributed by atoms with van der Waals surface area (Å²) in [5.41, 5.74) is 0.452. The van der Waals surface area contributed by atoms with Crippen LogP contribution in [-0.2, 0) is 0 Å². The molecule has 4 unspecified atom stereocenters. The molecule has 2 aliphatic carbocycles. The third kappa shape index (κ3) is 4.04. The van der Waals surface area contributed by atoms with Crippen LogP contribution in [0.3, 0.4) is 0 Å². The lowest BCUT2D eigenvalue weighted by atomic mass is 9.63. The molecule has 0 aliphatic heterocycles. The molecule has 0 saturated heterocycles. The molecular weight excluding hydrogens is 370 g/mol. The average Bonchev–Trinajstić information content (AvgIpc) is 2.71. The van der Waals surface area contributed by atoms with Gasteiger partial charge in [-0.05, 0) is 78.9 Å². The molecule has 4 rings (SSSR count). The van der Waals surface area contributed by atoms with Crippen LogP contribution in [0.4, 0.5) is 8.78 Å². The highest BCUT2D eigenvalue weighted by Crippen LogP contribution is 2.48. The van der Waals surface area contributed by atoms with E-state index >= 15 is 0 Å². The Kier molecular flexibility index (Phi) is 5.89. The second-order valence-corrected chi connectivity index (χ2v) is 9.18. The van der Waals surface area contributed by atoms with Crippen LogP contribution in [0.15, 0.2) is 24.3 Å². The zero-order chi connectivity index (χ0) is 20.5. The molecule has 2 saturated carbocycles. The summed E-state index contributed by atoms with van der Waals surface area (Å²) in [6, 6.07) is 6.07. The molecule has 0 radical (unpaired) electrons. The molecule has 0 bridgehead atoms. The fourth-order valence-corrected chi connectivity index (χ4v) is 5.84. The summed E-state index contributed by atoms with van der Waals surface area (Å²) in [6.45, 7) is 2.26. The highest BCUT2D eigenvalue weighted by atomic mass is 19.1. The van der Waals surface area contributed by atoms with E-state index in [1.807, 2.05) is 6.07 Å². The topological polar surface area (TPSA) is 37.3 Å². The van der Waals surface area contributed by atoms with Gasteiger partial charge in [0, 0.05) is 0 Å². The fraction of sp³-hybridized carbons (Fsp3) is 0.560. The maximum atomic E-state index is 14.8. The van der Waals surface area contributed by atoms with Gasteiger partial charge < -0.3 is 5.11 Å². The molecule has 0 spiro atoms. The monoisotopic (exact) mass is 400 g/mol. The van der Waals surface area contributed by atoms with Crippen LogP contribution in [0.5, 0.6) is 0 Å². The first-order valence-electron chi connectivity index (χ1n) is 11.1. The highest BCUT2D eigenvalue weighted by Gasteiger charge is 2.36. The predicted octanol–water partition coefficient (Wildman–Crippen LogP) is 7.31. The highest BCUT2D eigenvalue weighted by molar-refractivity contribution is 5.95. The van der Waals surface area contributed by atoms with E-state index < -0.39 is 23.2 Å². The molecular formula is C25H30F2O2. The zero-order valence-electron chi connectivity index (χ0n) is 17.1. The Balaban J connectivity index is 1.53. The van der Waals surface area contributed by atoms with Gasteiger partial charge in [0.2, 0.25) is 0 Å². The zero-order valence-corrected chi connectivity index (χ0v) is 17.1. The Morgan fingerprint density at radius 2 is 1.83 bits per heavy atom. The Hall–Kier alpha value is -1.97. The molecule has 1 N–H and O–H groups in total. The number of hydrogen-bond donors (Lipinski definition) is 1. The average molecular weight is 401 g/mol. The summed E-state index contributed by atoms with van der Waals surface area (Å²) in [7, 11) is 0. The van der Waals surface area contributed by atoms with E-state index in [2.05, 4.69) is 6.92 Å². The van der Waals surface area contributed by atoms with Crippen molar-refractivity contribution >= 4 is 16.7 Å². The van der Waals surface area contributed by atoms with E-state index in [4.69, 9.17) is 5.11 Å². The van der Waals surface area contributed by atoms with Gasteiger partial charge in [-0.25, -0.2) is 13.6 Å². The van der Waals surface area contributed by atoms with Gasteiger partial charge >= 0.3 is 5.97 Å². The molecule has 29 heavy (non-hydrogen) atoms. The lowest BCUT2D eigenvalue weighted by Gasteiger charge is -2.42. The summed E-state index contributed by atoms with van der Waals surface area (Å²) in [4.78, 5) is 11.1. The van der Waals surface area contributed by atoms with Crippen LogP contribution in [-0.4, -0.2) is 11.1 Å². The Bertz CT molecular complexity index is 907. The molecule has 2 fully saturated rings. The number of benzene rings is 2. The van der Waals surface area contributed by atoms with Gasteiger partial charge in [-0.2, -0.15) is 0 Å². The number of rotatable bonds is 5. The van der Waals surface area contributed by atoms with Crippen LogP contribution < -0.4 is 0 Å². The van der Waals surface area contributed by atoms with Crippen LogP contribution in [0.25, 0.3) is 10.8 Å². The van der Waals surface area contributed by atoms with E-state index in [0.29, 0.717) is 11.3 Å². The quantitative estimate of drug-likeness (QED) is 0.571. The third-order valence-corrected chi connectivity index (χ3v) is 7.42. The Morgan fingerprint density at radius 3 is 2.59 bits per heavy atom. The van der Waals surface area contributed by atoms with Crippen molar-refractivity contribution in [1.29, 1.82) is 0 Å². The van der Waals surface area contributed by atoms with Crippen molar-refractivity contribution in [3.8, 4) is 0 Å². The summed E-state index contributed by atoms with van der Waals surface area (Å²) in [6.07, 6.45) is 11.3. The summed E-state index contributed by atoms with van der Waals surface area (Å²) < 4.78 is 29.3. The van der Waals surface area contributed by atoms with Crippen molar-refractivity contribution in [3.05, 3.63) is 47.0 Å². The minimum atomic E-state index is -1.37. The smallest absolute Gasteiger partial charge is 0.338 e. The number of carboxylic acids is 1. The normalized spacial score (nSPS) is 27.0. The van der Waals surface area contributed by atoms with Gasteiger partial charge in [-0.3, -0.25) is 0 Å². The molecule has 156 valence electrons. The number of carbonyl (C=O) groups is 1. The molecule has 2 aromatic rings. The second kappa shape index (κ2) is 8.41. The molecule has 2 nitrogen and oxygen atoms in total. The molecule has 4 heteroatoms. The number of hydrogen-bond acceptors (Lipinski definition) is 1. The van der Waals surface area contributed by atoms with Gasteiger partial charge in [0.1, 0.15) is 11.6 Å². The van der Waals surface area contributed by atoms with Crippen LogP contribution in [0.2, 0.25) is 0 Å². The number of carboxylic acid groups (broad SMARTS) is 1. The number of fused-ring (bicyclic) bond motifs is 2. The molecule has 4 atom stereocenters. The molecule has 0 aromatic heterocycles. The van der Waals surface area contributed by atoms with E-state index in [9.17, 15) is 13.6 Å². The first-order chi connectivity index (χ1) is 14.0. The van der Waals surface area contributed by atoms with E-state index in [0.717, 1.165) is 36.2 Å². The summed E-state index contributed by atoms with van der Waals surface area (Å²) in [5, 5.41) is 9.33. The summed E-state index contributed by atoms with van der Waals surface area (Å²) in [5.74, 6) is -0.279. The van der Waals surface area contributed by atoms with Gasteiger partial charge in [0.05, 0.1) is 10.9 Å². The molecule has 2 aliphatic rings. The minimum Gasteiger partial charge on any atom is -0.478 e. The van der Waals surface area contributed by atoms with E-state index in [-0.39, 0.29) is 5.39 Å². The lowest BCUT2D eigenvalue weighted by molar-refractivity contribution is 0.0692.